The van der Waals surface area contributed by atoms with Crippen LogP contribution in [0.1, 0.15) is 31.2 Å². The highest BCUT2D eigenvalue weighted by Crippen LogP contribution is 2.25. The van der Waals surface area contributed by atoms with Gasteiger partial charge < -0.3 is 10.6 Å². The normalized spacial score (nSPS) is 14.3. The minimum atomic E-state index is 0.514. The van der Waals surface area contributed by atoms with Crippen LogP contribution in [0.25, 0.3) is 11.3 Å². The molecular formula is C21H23N5. The lowest BCUT2D eigenvalue weighted by Crippen LogP contribution is -2.16. The number of benzene rings is 1. The summed E-state index contributed by atoms with van der Waals surface area (Å²) in [5, 5.41) is 6.92. The van der Waals surface area contributed by atoms with E-state index in [-0.39, 0.29) is 0 Å². The third-order valence-electron chi connectivity index (χ3n) is 4.68. The first-order valence-corrected chi connectivity index (χ1v) is 9.21. The number of rotatable bonds is 6. The van der Waals surface area contributed by atoms with Crippen LogP contribution in [-0.2, 0) is 6.54 Å². The molecule has 0 spiro atoms. The van der Waals surface area contributed by atoms with Gasteiger partial charge in [-0.1, -0.05) is 49.2 Å². The molecule has 1 saturated carbocycles. The molecule has 1 aliphatic rings. The zero-order valence-electron chi connectivity index (χ0n) is 14.7. The zero-order valence-corrected chi connectivity index (χ0v) is 14.7. The molecule has 0 amide bonds. The van der Waals surface area contributed by atoms with Crippen LogP contribution < -0.4 is 10.6 Å². The number of anilines is 2. The van der Waals surface area contributed by atoms with Gasteiger partial charge in [0.05, 0.1) is 5.69 Å². The van der Waals surface area contributed by atoms with Gasteiger partial charge in [0, 0.05) is 36.6 Å². The molecule has 5 nitrogen and oxygen atoms in total. The van der Waals surface area contributed by atoms with Crippen molar-refractivity contribution in [2.75, 3.05) is 10.6 Å². The van der Waals surface area contributed by atoms with Crippen molar-refractivity contribution in [3.63, 3.8) is 0 Å². The molecule has 0 aliphatic heterocycles. The lowest BCUT2D eigenvalue weighted by molar-refractivity contribution is 0.750. The molecule has 1 aliphatic carbocycles. The molecule has 0 unspecified atom stereocenters. The van der Waals surface area contributed by atoms with Gasteiger partial charge in [-0.2, -0.15) is 4.98 Å². The standard InChI is InChI=1S/C21H23N5/c1-2-8-17(9-3-1)19-13-20(24-18-10-4-5-11-18)26-21(25-19)23-15-16-7-6-12-22-14-16/h1-3,6-9,12-14,18H,4-5,10-11,15H2,(H2,23,24,25,26). The number of aromatic nitrogens is 3. The molecule has 132 valence electrons. The Bertz CT molecular complexity index is 830. The van der Waals surface area contributed by atoms with Crippen LogP contribution in [0.3, 0.4) is 0 Å². The van der Waals surface area contributed by atoms with Crippen LogP contribution in [0.4, 0.5) is 11.8 Å². The van der Waals surface area contributed by atoms with Gasteiger partial charge >= 0.3 is 0 Å². The summed E-state index contributed by atoms with van der Waals surface area (Å²) in [6.45, 7) is 0.648. The molecule has 3 aromatic rings. The van der Waals surface area contributed by atoms with E-state index in [1.54, 1.807) is 6.20 Å². The number of hydrogen-bond donors (Lipinski definition) is 2. The van der Waals surface area contributed by atoms with Crippen LogP contribution in [0, 0.1) is 0 Å². The van der Waals surface area contributed by atoms with E-state index >= 15 is 0 Å². The molecule has 5 heteroatoms. The van der Waals surface area contributed by atoms with Crippen molar-refractivity contribution >= 4 is 11.8 Å². The van der Waals surface area contributed by atoms with Crippen molar-refractivity contribution in [3.05, 3.63) is 66.5 Å². The lowest BCUT2D eigenvalue weighted by atomic mass is 10.1. The Balaban J connectivity index is 1.58. The SMILES string of the molecule is c1ccc(-c2cc(NC3CCCC3)nc(NCc3cccnc3)n2)cc1. The summed E-state index contributed by atoms with van der Waals surface area (Å²) in [5.74, 6) is 1.52. The highest BCUT2D eigenvalue weighted by atomic mass is 15.1. The summed E-state index contributed by atoms with van der Waals surface area (Å²) in [6.07, 6.45) is 8.64. The van der Waals surface area contributed by atoms with Crippen molar-refractivity contribution < 1.29 is 0 Å². The molecule has 0 bridgehead atoms. The first-order chi connectivity index (χ1) is 12.9. The summed E-state index contributed by atoms with van der Waals surface area (Å²) < 4.78 is 0. The topological polar surface area (TPSA) is 62.7 Å². The maximum atomic E-state index is 4.71. The molecule has 2 aromatic heterocycles. The van der Waals surface area contributed by atoms with E-state index in [4.69, 9.17) is 4.98 Å². The molecule has 2 heterocycles. The quantitative estimate of drug-likeness (QED) is 0.688. The average molecular weight is 345 g/mol. The highest BCUT2D eigenvalue weighted by molar-refractivity contribution is 5.64. The summed E-state index contributed by atoms with van der Waals surface area (Å²) in [5.41, 5.74) is 3.12. The summed E-state index contributed by atoms with van der Waals surface area (Å²) >= 11 is 0. The predicted octanol–water partition coefficient (Wildman–Crippen LogP) is 4.51. The Kier molecular flexibility index (Phi) is 5.05. The van der Waals surface area contributed by atoms with E-state index in [2.05, 4.69) is 32.7 Å². The number of pyridine rings is 1. The maximum Gasteiger partial charge on any atom is 0.225 e. The third kappa shape index (κ3) is 4.17. The van der Waals surface area contributed by atoms with Crippen molar-refractivity contribution in [3.8, 4) is 11.3 Å². The first kappa shape index (κ1) is 16.5. The Hall–Kier alpha value is -2.95. The van der Waals surface area contributed by atoms with Gasteiger partial charge in [-0.3, -0.25) is 4.98 Å². The van der Waals surface area contributed by atoms with E-state index in [0.29, 0.717) is 18.5 Å². The van der Waals surface area contributed by atoms with Crippen molar-refractivity contribution in [2.45, 2.75) is 38.3 Å². The van der Waals surface area contributed by atoms with Crippen LogP contribution in [0.5, 0.6) is 0 Å². The van der Waals surface area contributed by atoms with Crippen molar-refractivity contribution in [2.24, 2.45) is 0 Å². The summed E-state index contributed by atoms with van der Waals surface area (Å²) in [6, 6.07) is 16.8. The number of nitrogens with one attached hydrogen (secondary N) is 2. The smallest absolute Gasteiger partial charge is 0.225 e. The van der Waals surface area contributed by atoms with E-state index in [0.717, 1.165) is 22.6 Å². The second kappa shape index (κ2) is 7.95. The molecule has 0 saturated heterocycles. The van der Waals surface area contributed by atoms with Crippen LogP contribution in [0.15, 0.2) is 60.9 Å². The van der Waals surface area contributed by atoms with Gasteiger partial charge in [-0.05, 0) is 24.5 Å². The molecule has 4 rings (SSSR count). The second-order valence-corrected chi connectivity index (χ2v) is 6.67. The second-order valence-electron chi connectivity index (χ2n) is 6.67. The van der Waals surface area contributed by atoms with E-state index in [9.17, 15) is 0 Å². The minimum Gasteiger partial charge on any atom is -0.367 e. The van der Waals surface area contributed by atoms with E-state index in [1.807, 2.05) is 42.6 Å². The predicted molar refractivity (Wildman–Crippen MR) is 105 cm³/mol. The molecular weight excluding hydrogens is 322 g/mol. The van der Waals surface area contributed by atoms with Crippen molar-refractivity contribution in [1.29, 1.82) is 0 Å². The Morgan fingerprint density at radius 3 is 2.58 bits per heavy atom. The number of nitrogens with zero attached hydrogens (tertiary/aromatic N) is 3. The zero-order chi connectivity index (χ0) is 17.6. The largest absolute Gasteiger partial charge is 0.367 e. The lowest BCUT2D eigenvalue weighted by Gasteiger charge is -2.15. The highest BCUT2D eigenvalue weighted by Gasteiger charge is 2.16. The summed E-state index contributed by atoms with van der Waals surface area (Å²) in [7, 11) is 0. The van der Waals surface area contributed by atoms with Gasteiger partial charge in [0.1, 0.15) is 5.82 Å². The number of hydrogen-bond acceptors (Lipinski definition) is 5. The summed E-state index contributed by atoms with van der Waals surface area (Å²) in [4.78, 5) is 13.5. The fourth-order valence-electron chi connectivity index (χ4n) is 3.32. The van der Waals surface area contributed by atoms with Gasteiger partial charge in [0.15, 0.2) is 0 Å². The molecule has 0 radical (unpaired) electrons. The molecule has 26 heavy (non-hydrogen) atoms. The van der Waals surface area contributed by atoms with Crippen LogP contribution in [-0.4, -0.2) is 21.0 Å². The molecule has 0 atom stereocenters. The monoisotopic (exact) mass is 345 g/mol. The fraction of sp³-hybridized carbons (Fsp3) is 0.286. The molecule has 2 N–H and O–H groups in total. The Morgan fingerprint density at radius 2 is 1.81 bits per heavy atom. The Morgan fingerprint density at radius 1 is 0.962 bits per heavy atom. The van der Waals surface area contributed by atoms with Gasteiger partial charge in [0.2, 0.25) is 5.95 Å². The van der Waals surface area contributed by atoms with Gasteiger partial charge in [-0.25, -0.2) is 4.98 Å². The van der Waals surface area contributed by atoms with Gasteiger partial charge in [-0.15, -0.1) is 0 Å². The van der Waals surface area contributed by atoms with Crippen molar-refractivity contribution in [1.82, 2.24) is 15.0 Å². The fourth-order valence-corrected chi connectivity index (χ4v) is 3.32. The first-order valence-electron chi connectivity index (χ1n) is 9.21. The van der Waals surface area contributed by atoms with Crippen LogP contribution >= 0.6 is 0 Å². The van der Waals surface area contributed by atoms with E-state index < -0.39 is 0 Å². The van der Waals surface area contributed by atoms with Crippen LogP contribution in [0.2, 0.25) is 0 Å². The maximum absolute atomic E-state index is 4.71. The minimum absolute atomic E-state index is 0.514. The molecule has 1 fully saturated rings. The van der Waals surface area contributed by atoms with E-state index in [1.165, 1.54) is 25.7 Å². The van der Waals surface area contributed by atoms with Gasteiger partial charge in [0.25, 0.3) is 0 Å². The Labute approximate surface area is 153 Å². The average Bonchev–Trinajstić information content (AvgIpc) is 3.21. The third-order valence-corrected chi connectivity index (χ3v) is 4.68. The molecule has 1 aromatic carbocycles.